The Hall–Kier alpha value is -3.78. The number of nitrogens with one attached hydrogen (secondary N) is 2. The second-order valence-corrected chi connectivity index (χ2v) is 19.3. The number of hydrogen-bond acceptors (Lipinski definition) is 13. The van der Waals surface area contributed by atoms with Gasteiger partial charge in [0.2, 0.25) is 5.52 Å². The minimum Gasteiger partial charge on any atom is -0.494 e. The van der Waals surface area contributed by atoms with Gasteiger partial charge in [-0.05, 0) is 129 Å². The lowest BCUT2D eigenvalue weighted by Crippen LogP contribution is -2.51. The van der Waals surface area contributed by atoms with Crippen LogP contribution in [0.25, 0.3) is 11.0 Å². The summed E-state index contributed by atoms with van der Waals surface area (Å²) in [7, 11) is -4.02. The first-order valence-electron chi connectivity index (χ1n) is 20.1. The molecule has 0 unspecified atom stereocenters. The van der Waals surface area contributed by atoms with Crippen LogP contribution in [0.15, 0.2) is 41.0 Å². The first-order chi connectivity index (χ1) is 26.6. The lowest BCUT2D eigenvalue weighted by Gasteiger charge is -2.35. The molecule has 320 valence electrons. The van der Waals surface area contributed by atoms with Gasteiger partial charge in [0.25, 0.3) is 0 Å². The number of carbonyl (C=O) groups is 1. The molecule has 1 aromatic heterocycles. The SMILES string of the molecule is CC(C)(C)OC(=O)N[C@](C)(CCc1ccc(OCCCCCCCCCCCNc2ccc([N+](=O)[O-])c3nonc23)cc1)COP(=O)(OC(C)(C)C)OC(C)(C)C. The molecule has 1 amide bonds. The highest BCUT2D eigenvalue weighted by Crippen LogP contribution is 2.55. The van der Waals surface area contributed by atoms with Crippen LogP contribution in [0.4, 0.5) is 16.2 Å². The van der Waals surface area contributed by atoms with E-state index in [2.05, 4.69) is 20.9 Å². The van der Waals surface area contributed by atoms with E-state index >= 15 is 0 Å². The molecule has 0 aliphatic heterocycles. The molecule has 0 saturated heterocycles. The maximum atomic E-state index is 13.8. The Morgan fingerprint density at radius 2 is 1.33 bits per heavy atom. The molecule has 1 atom stereocenters. The molecule has 2 N–H and O–H groups in total. The Bertz CT molecular complexity index is 1730. The molecule has 2 aromatic carbocycles. The first kappa shape index (κ1) is 47.6. The molecule has 0 radical (unpaired) electrons. The number of hydrogen-bond donors (Lipinski definition) is 2. The summed E-state index contributed by atoms with van der Waals surface area (Å²) in [5, 5.41) is 24.9. The lowest BCUT2D eigenvalue weighted by atomic mass is 9.94. The van der Waals surface area contributed by atoms with Crippen molar-refractivity contribution in [2.75, 3.05) is 25.1 Å². The molecule has 57 heavy (non-hydrogen) atoms. The number of non-ortho nitro benzene ring substituents is 1. The van der Waals surface area contributed by atoms with Crippen molar-refractivity contribution in [1.29, 1.82) is 0 Å². The Morgan fingerprint density at radius 3 is 1.89 bits per heavy atom. The van der Waals surface area contributed by atoms with Crippen LogP contribution in [0.1, 0.15) is 139 Å². The van der Waals surface area contributed by atoms with Crippen molar-refractivity contribution in [1.82, 2.24) is 15.6 Å². The van der Waals surface area contributed by atoms with Gasteiger partial charge in [0.1, 0.15) is 11.4 Å². The predicted molar refractivity (Wildman–Crippen MR) is 222 cm³/mol. The number of carbonyl (C=O) groups excluding carboxylic acids is 1. The van der Waals surface area contributed by atoms with Gasteiger partial charge in [0.15, 0.2) is 5.52 Å². The van der Waals surface area contributed by atoms with Crippen LogP contribution in [0.2, 0.25) is 0 Å². The Balaban J connectivity index is 1.35. The first-order valence-corrected chi connectivity index (χ1v) is 21.5. The zero-order chi connectivity index (χ0) is 42.3. The molecular formula is C41H66N5O10P. The standard InChI is InChI=1S/C41H66N5O10P/c1-38(2,3)53-37(47)43-41(10,30-52-57(50,54-39(4,5)6)55-40(7,8)9)27-26-31-20-22-32(23-21-31)51-29-19-17-15-13-11-12-14-16-18-28-42-33-24-25-34(46(48)49)36-35(33)44-56-45-36/h20-25,42H,11-19,26-30H2,1-10H3,(H,43,47)/t41-/m1/s1. The highest BCUT2D eigenvalue weighted by Gasteiger charge is 2.40. The molecule has 0 fully saturated rings. The number of aromatic nitrogens is 2. The molecule has 0 aliphatic rings. The molecule has 0 aliphatic carbocycles. The fourth-order valence-electron chi connectivity index (χ4n) is 5.88. The van der Waals surface area contributed by atoms with E-state index in [1.54, 1.807) is 68.4 Å². The summed E-state index contributed by atoms with van der Waals surface area (Å²) in [6.07, 6.45) is 10.6. The van der Waals surface area contributed by atoms with E-state index in [4.69, 9.17) is 27.7 Å². The number of nitrogens with zero attached hydrogens (tertiary/aromatic N) is 3. The largest absolute Gasteiger partial charge is 0.494 e. The van der Waals surface area contributed by atoms with Gasteiger partial charge < -0.3 is 20.1 Å². The zero-order valence-electron chi connectivity index (χ0n) is 35.7. The summed E-state index contributed by atoms with van der Waals surface area (Å²) in [5.41, 5.74) is -1.10. The molecule has 16 heteroatoms. The number of ether oxygens (including phenoxy) is 2. The number of anilines is 1. The van der Waals surface area contributed by atoms with Crippen molar-refractivity contribution in [3.05, 3.63) is 52.1 Å². The molecule has 15 nitrogen and oxygen atoms in total. The number of unbranched alkanes of at least 4 members (excludes halogenated alkanes) is 8. The summed E-state index contributed by atoms with van der Waals surface area (Å²) in [6.45, 7) is 19.1. The van der Waals surface area contributed by atoms with Crippen molar-refractivity contribution >= 4 is 36.3 Å². The van der Waals surface area contributed by atoms with Gasteiger partial charge >= 0.3 is 19.6 Å². The fourth-order valence-corrected chi connectivity index (χ4v) is 7.81. The Morgan fingerprint density at radius 1 is 0.772 bits per heavy atom. The van der Waals surface area contributed by atoms with E-state index in [1.165, 1.54) is 31.7 Å². The Labute approximate surface area is 338 Å². The van der Waals surface area contributed by atoms with Crippen LogP contribution in [0.5, 0.6) is 5.75 Å². The number of phosphoric ester groups is 1. The van der Waals surface area contributed by atoms with Crippen LogP contribution < -0.4 is 15.4 Å². The quantitative estimate of drug-likeness (QED) is 0.0376. The number of phosphoric acid groups is 1. The van der Waals surface area contributed by atoms with Crippen LogP contribution in [-0.4, -0.2) is 63.4 Å². The molecule has 1 heterocycles. The molecular weight excluding hydrogens is 753 g/mol. The third-order valence-corrected chi connectivity index (χ3v) is 10.5. The van der Waals surface area contributed by atoms with Crippen LogP contribution in [0, 0.1) is 10.1 Å². The van der Waals surface area contributed by atoms with Gasteiger partial charge in [0, 0.05) is 12.6 Å². The maximum Gasteiger partial charge on any atom is 0.475 e. The number of benzene rings is 2. The van der Waals surface area contributed by atoms with Gasteiger partial charge in [0.05, 0.1) is 40.6 Å². The van der Waals surface area contributed by atoms with Crippen LogP contribution in [-0.2, 0) is 29.3 Å². The average molecular weight is 820 g/mol. The van der Waals surface area contributed by atoms with Gasteiger partial charge in [-0.15, -0.1) is 0 Å². The summed E-state index contributed by atoms with van der Waals surface area (Å²) < 4.78 is 47.6. The average Bonchev–Trinajstić information content (AvgIpc) is 3.57. The molecule has 0 saturated carbocycles. The van der Waals surface area contributed by atoms with E-state index in [0.717, 1.165) is 50.0 Å². The number of alkyl carbamates (subject to hydrolysis) is 1. The number of rotatable bonds is 24. The highest BCUT2D eigenvalue weighted by molar-refractivity contribution is 7.48. The number of nitro benzene ring substituents is 1. The van der Waals surface area contributed by atoms with Crippen molar-refractivity contribution < 1.29 is 42.0 Å². The van der Waals surface area contributed by atoms with Crippen molar-refractivity contribution in [2.24, 2.45) is 0 Å². The second-order valence-electron chi connectivity index (χ2n) is 17.8. The monoisotopic (exact) mass is 819 g/mol. The number of amides is 1. The van der Waals surface area contributed by atoms with E-state index in [9.17, 15) is 19.5 Å². The van der Waals surface area contributed by atoms with Gasteiger partial charge in [-0.2, -0.15) is 0 Å². The highest BCUT2D eigenvalue weighted by atomic mass is 31.2. The summed E-state index contributed by atoms with van der Waals surface area (Å²) in [4.78, 5) is 23.6. The van der Waals surface area contributed by atoms with Crippen molar-refractivity contribution in [3.8, 4) is 5.75 Å². The zero-order valence-corrected chi connectivity index (χ0v) is 36.6. The van der Waals surface area contributed by atoms with Crippen molar-refractivity contribution in [3.63, 3.8) is 0 Å². The number of nitro groups is 1. The molecule has 3 rings (SSSR count). The maximum absolute atomic E-state index is 13.8. The fraction of sp³-hybridized carbons (Fsp3) is 0.683. The molecule has 3 aromatic rings. The topological polar surface area (TPSA) is 186 Å². The Kier molecular flexibility index (Phi) is 17.8. The minimum absolute atomic E-state index is 0.116. The third-order valence-electron chi connectivity index (χ3n) is 8.50. The number of aryl methyl sites for hydroxylation is 1. The minimum atomic E-state index is -4.02. The van der Waals surface area contributed by atoms with Gasteiger partial charge in [-0.25, -0.2) is 14.0 Å². The van der Waals surface area contributed by atoms with Gasteiger partial charge in [-0.3, -0.25) is 23.7 Å². The lowest BCUT2D eigenvalue weighted by molar-refractivity contribution is -0.383. The normalized spacial score (nSPS) is 13.6. The van der Waals surface area contributed by atoms with Gasteiger partial charge in [-0.1, -0.05) is 57.1 Å². The second kappa shape index (κ2) is 21.3. The molecule has 0 bridgehead atoms. The molecule has 0 spiro atoms. The third kappa shape index (κ3) is 18.6. The van der Waals surface area contributed by atoms with Crippen LogP contribution >= 0.6 is 7.82 Å². The van der Waals surface area contributed by atoms with Crippen LogP contribution in [0.3, 0.4) is 0 Å². The summed E-state index contributed by atoms with van der Waals surface area (Å²) in [6, 6.07) is 11.0. The van der Waals surface area contributed by atoms with Crippen molar-refractivity contribution in [2.45, 2.75) is 162 Å². The smallest absolute Gasteiger partial charge is 0.475 e. The number of fused-ring (bicyclic) bond motifs is 1. The summed E-state index contributed by atoms with van der Waals surface area (Å²) >= 11 is 0. The van der Waals surface area contributed by atoms with E-state index in [-0.39, 0.29) is 17.8 Å². The predicted octanol–water partition coefficient (Wildman–Crippen LogP) is 11.1. The summed E-state index contributed by atoms with van der Waals surface area (Å²) in [5.74, 6) is 0.807. The van der Waals surface area contributed by atoms with E-state index in [1.807, 2.05) is 31.2 Å². The van der Waals surface area contributed by atoms with E-state index < -0.39 is 41.2 Å². The van der Waals surface area contributed by atoms with E-state index in [0.29, 0.717) is 30.7 Å².